The molecule has 0 aliphatic carbocycles. The first-order chi connectivity index (χ1) is 10.3. The van der Waals surface area contributed by atoms with Crippen LogP contribution in [0.15, 0.2) is 0 Å². The maximum Gasteiger partial charge on any atom is 0.303 e. The van der Waals surface area contributed by atoms with Gasteiger partial charge in [0.25, 0.3) is 0 Å². The second-order valence-electron chi connectivity index (χ2n) is 6.58. The molecule has 0 saturated heterocycles. The van der Waals surface area contributed by atoms with E-state index in [2.05, 4.69) is 5.32 Å². The van der Waals surface area contributed by atoms with Gasteiger partial charge in [-0.2, -0.15) is 0 Å². The van der Waals surface area contributed by atoms with Crippen LogP contribution in [0, 0.1) is 0 Å². The molecule has 1 amide bonds. The van der Waals surface area contributed by atoms with Crippen molar-refractivity contribution in [1.29, 1.82) is 0 Å². The number of amides is 1. The number of nitrogens with one attached hydrogen (secondary N) is 1. The summed E-state index contributed by atoms with van der Waals surface area (Å²) in [4.78, 5) is 45.4. The molecule has 140 valence electrons. The van der Waals surface area contributed by atoms with Gasteiger partial charge in [-0.25, -0.2) is 0 Å². The molecule has 0 saturated carbocycles. The Morgan fingerprint density at radius 3 is 2.04 bits per heavy atom. The fraction of sp³-hybridized carbons (Fsp3) is 0.714. The fourth-order valence-corrected chi connectivity index (χ4v) is 2.35. The normalized spacial score (nSPS) is 14.7. The summed E-state index contributed by atoms with van der Waals surface area (Å²) in [5.41, 5.74) is -2.28. The van der Waals surface area contributed by atoms with Crippen molar-refractivity contribution in [1.82, 2.24) is 5.32 Å². The van der Waals surface area contributed by atoms with Crippen molar-refractivity contribution in [2.75, 3.05) is 27.7 Å². The van der Waals surface area contributed by atoms with Crippen LogP contribution < -0.4 is 10.4 Å². The number of aliphatic carboxylic acids is 2. The van der Waals surface area contributed by atoms with Gasteiger partial charge in [0.2, 0.25) is 5.91 Å². The number of hydrogen-bond donors (Lipinski definition) is 3. The lowest BCUT2D eigenvalue weighted by atomic mass is 9.87. The molecule has 0 rings (SSSR count). The second-order valence-corrected chi connectivity index (χ2v) is 6.58. The molecule has 0 aromatic heterocycles. The quantitative estimate of drug-likeness (QED) is 0.375. The monoisotopic (exact) mass is 368 g/mol. The highest BCUT2D eigenvalue weighted by Gasteiger charge is 2.44. The Balaban J connectivity index is 0. The number of rotatable bonds is 10. The van der Waals surface area contributed by atoms with Crippen molar-refractivity contribution in [3.8, 4) is 0 Å². The van der Waals surface area contributed by atoms with Gasteiger partial charge in [-0.05, 0) is 6.42 Å². The predicted octanol–water partition coefficient (Wildman–Crippen LogP) is -2.08. The van der Waals surface area contributed by atoms with Crippen LogP contribution in [0.25, 0.3) is 0 Å². The summed E-state index contributed by atoms with van der Waals surface area (Å²) in [7, 11) is 4.95. The summed E-state index contributed by atoms with van der Waals surface area (Å²) in [6.45, 7) is 0.904. The van der Waals surface area contributed by atoms with Crippen LogP contribution in [0.1, 0.15) is 26.2 Å². The maximum absolute atomic E-state index is 12.6. The van der Waals surface area contributed by atoms with Crippen LogP contribution in [0.4, 0.5) is 0 Å². The van der Waals surface area contributed by atoms with Gasteiger partial charge < -0.3 is 29.9 Å². The predicted molar refractivity (Wildman–Crippen MR) is 84.2 cm³/mol. The smallest absolute Gasteiger partial charge is 0.303 e. The number of likely N-dealkylation sites (N-methyl/N-ethyl adjacent to an activating group) is 1. The second kappa shape index (κ2) is 9.55. The van der Waals surface area contributed by atoms with Crippen molar-refractivity contribution in [2.45, 2.75) is 37.8 Å². The van der Waals surface area contributed by atoms with E-state index in [1.54, 1.807) is 21.1 Å². The molecule has 9 nitrogen and oxygen atoms in total. The molecule has 0 spiro atoms. The average molecular weight is 369 g/mol. The number of carbonyl (C=O) groups excluding carboxylic acids is 3. The summed E-state index contributed by atoms with van der Waals surface area (Å²) >= 11 is 0. The van der Waals surface area contributed by atoms with Gasteiger partial charge >= 0.3 is 5.97 Å². The van der Waals surface area contributed by atoms with Gasteiger partial charge in [0, 0.05) is 25.7 Å². The Bertz CT molecular complexity index is 490. The van der Waals surface area contributed by atoms with Crippen LogP contribution >= 0.6 is 12.4 Å². The third kappa shape index (κ3) is 9.43. The molecule has 2 atom stereocenters. The average Bonchev–Trinajstić information content (AvgIpc) is 2.29. The number of ketones is 1. The van der Waals surface area contributed by atoms with Crippen LogP contribution in [0.2, 0.25) is 0 Å². The molecule has 10 heteroatoms. The minimum Gasteiger partial charge on any atom is -0.550 e. The molecule has 3 N–H and O–H groups in total. The van der Waals surface area contributed by atoms with Crippen molar-refractivity contribution >= 4 is 36.0 Å². The highest BCUT2D eigenvalue weighted by molar-refractivity contribution is 5.97. The zero-order valence-corrected chi connectivity index (χ0v) is 15.0. The first-order valence-electron chi connectivity index (χ1n) is 7.03. The van der Waals surface area contributed by atoms with E-state index in [0.29, 0.717) is 0 Å². The molecular weight excluding hydrogens is 344 g/mol. The highest BCUT2D eigenvalue weighted by Crippen LogP contribution is 2.19. The van der Waals surface area contributed by atoms with Crippen molar-refractivity contribution in [2.24, 2.45) is 0 Å². The van der Waals surface area contributed by atoms with Gasteiger partial charge in [-0.1, -0.05) is 0 Å². The number of carboxylic acid groups (broad SMARTS) is 2. The third-order valence-electron chi connectivity index (χ3n) is 2.97. The molecule has 0 aliphatic heterocycles. The Kier molecular flexibility index (Phi) is 9.77. The number of aliphatic hydroxyl groups is 1. The van der Waals surface area contributed by atoms with E-state index in [1.807, 2.05) is 0 Å². The van der Waals surface area contributed by atoms with Crippen molar-refractivity contribution < 1.29 is 39.0 Å². The first kappa shape index (κ1) is 24.5. The third-order valence-corrected chi connectivity index (χ3v) is 2.97. The molecule has 0 aliphatic rings. The molecule has 0 bridgehead atoms. The number of Topliss-reactive ketones (excluding diaryl/α,β-unsaturated/α-hetero) is 1. The minimum absolute atomic E-state index is 0. The molecule has 0 radical (unpaired) electrons. The number of carbonyl (C=O) groups is 4. The van der Waals surface area contributed by atoms with E-state index < -0.39 is 48.1 Å². The van der Waals surface area contributed by atoms with Crippen LogP contribution in [-0.4, -0.2) is 77.7 Å². The lowest BCUT2D eigenvalue weighted by Crippen LogP contribution is -2.61. The van der Waals surface area contributed by atoms with Gasteiger partial charge in [0.15, 0.2) is 11.4 Å². The lowest BCUT2D eigenvalue weighted by Gasteiger charge is -2.36. The topological polar surface area (TPSA) is 144 Å². The Morgan fingerprint density at radius 2 is 1.71 bits per heavy atom. The lowest BCUT2D eigenvalue weighted by molar-refractivity contribution is -0.875. The number of quaternary nitrogens is 1. The van der Waals surface area contributed by atoms with E-state index in [0.717, 1.165) is 6.92 Å². The maximum atomic E-state index is 12.6. The zero-order valence-electron chi connectivity index (χ0n) is 14.2. The molecule has 0 fully saturated rings. The van der Waals surface area contributed by atoms with Gasteiger partial charge in [0.1, 0.15) is 6.54 Å². The van der Waals surface area contributed by atoms with Gasteiger partial charge in [0.05, 0.1) is 27.2 Å². The van der Waals surface area contributed by atoms with Crippen molar-refractivity contribution in [3.63, 3.8) is 0 Å². The zero-order chi connectivity index (χ0) is 18.4. The van der Waals surface area contributed by atoms with Gasteiger partial charge in [-0.3, -0.25) is 14.4 Å². The first-order valence-corrected chi connectivity index (χ1v) is 7.03. The molecule has 24 heavy (non-hydrogen) atoms. The summed E-state index contributed by atoms with van der Waals surface area (Å²) in [5.74, 6) is -4.32. The summed E-state index contributed by atoms with van der Waals surface area (Å²) in [5, 5.41) is 32.4. The van der Waals surface area contributed by atoms with E-state index in [1.165, 1.54) is 0 Å². The SMILES string of the molecule is CC(=O)N[C@@H](CCC(=O)O)C(=O)C(O)(CC(=O)[O-])C[N+](C)(C)C.Cl. The summed E-state index contributed by atoms with van der Waals surface area (Å²) in [6, 6.07) is -1.29. The van der Waals surface area contributed by atoms with Crippen molar-refractivity contribution in [3.05, 3.63) is 0 Å². The van der Waals surface area contributed by atoms with E-state index >= 15 is 0 Å². The highest BCUT2D eigenvalue weighted by atomic mass is 35.5. The Morgan fingerprint density at radius 1 is 1.21 bits per heavy atom. The molecule has 0 heterocycles. The minimum atomic E-state index is -2.28. The van der Waals surface area contributed by atoms with Crippen LogP contribution in [0.3, 0.4) is 0 Å². The van der Waals surface area contributed by atoms with Crippen LogP contribution in [-0.2, 0) is 19.2 Å². The number of carboxylic acids is 2. The fourth-order valence-electron chi connectivity index (χ4n) is 2.35. The van der Waals surface area contributed by atoms with E-state index in [-0.39, 0.29) is 29.9 Å². The van der Waals surface area contributed by atoms with Gasteiger partial charge in [-0.15, -0.1) is 12.4 Å². The molecular formula is C14H25ClN2O7. The number of nitrogens with zero attached hydrogens (tertiary/aromatic N) is 1. The standard InChI is InChI=1S/C14H24N2O7.ClH/c1-9(17)15-10(5-6-11(18)19)13(22)14(23,7-12(20)21)8-16(2,3)4;/h10,23H,5-8H2,1-4H3,(H2-,15,17,18,19,20,21);1H/t10-,14?;/m0./s1. The van der Waals surface area contributed by atoms with E-state index in [4.69, 9.17) is 5.11 Å². The number of halogens is 1. The van der Waals surface area contributed by atoms with E-state index in [9.17, 15) is 29.4 Å². The number of hydrogen-bond acceptors (Lipinski definition) is 6. The summed E-state index contributed by atoms with van der Waals surface area (Å²) < 4.78 is 0.0846. The molecule has 0 aromatic carbocycles. The molecule has 0 aromatic rings. The Labute approximate surface area is 146 Å². The van der Waals surface area contributed by atoms with Crippen LogP contribution in [0.5, 0.6) is 0 Å². The Hall–Kier alpha value is -1.71. The largest absolute Gasteiger partial charge is 0.550 e. The molecule has 1 unspecified atom stereocenters. The summed E-state index contributed by atoms with van der Waals surface area (Å²) in [6.07, 6.45) is -1.60.